The van der Waals surface area contributed by atoms with Gasteiger partial charge in [-0.2, -0.15) is 0 Å². The van der Waals surface area contributed by atoms with E-state index in [9.17, 15) is 4.79 Å². The average Bonchev–Trinajstić information content (AvgIpc) is 2.40. The van der Waals surface area contributed by atoms with Crippen LogP contribution in [0, 0.1) is 6.92 Å². The molecule has 1 N–H and O–H groups in total. The molecule has 0 aliphatic carbocycles. The summed E-state index contributed by atoms with van der Waals surface area (Å²) in [6, 6.07) is 12.6. The lowest BCUT2D eigenvalue weighted by Crippen LogP contribution is -2.12. The van der Waals surface area contributed by atoms with Crippen molar-refractivity contribution in [3.63, 3.8) is 0 Å². The Morgan fingerprint density at radius 2 is 1.81 bits per heavy atom. The molecule has 2 aromatic rings. The molecule has 2 aromatic carbocycles. The molecule has 0 aliphatic heterocycles. The first-order valence-corrected chi connectivity index (χ1v) is 6.90. The molecule has 0 radical (unpaired) electrons. The maximum Gasteiger partial charge on any atom is 0.335 e. The molecular formula is C18H20O3. The zero-order chi connectivity index (χ0) is 15.6. The van der Waals surface area contributed by atoms with Crippen LogP contribution in [0.5, 0.6) is 11.5 Å². The van der Waals surface area contributed by atoms with Crippen molar-refractivity contribution in [3.8, 4) is 11.5 Å². The van der Waals surface area contributed by atoms with Crippen LogP contribution in [0.3, 0.4) is 0 Å². The molecule has 0 unspecified atom stereocenters. The second-order valence-electron chi connectivity index (χ2n) is 6.18. The average molecular weight is 284 g/mol. The number of carbonyl (C=O) groups is 1. The highest BCUT2D eigenvalue weighted by atomic mass is 16.5. The highest BCUT2D eigenvalue weighted by Crippen LogP contribution is 2.35. The Hall–Kier alpha value is -2.29. The van der Waals surface area contributed by atoms with Gasteiger partial charge in [-0.05, 0) is 36.6 Å². The molecule has 0 aliphatic rings. The van der Waals surface area contributed by atoms with Gasteiger partial charge in [0.2, 0.25) is 0 Å². The van der Waals surface area contributed by atoms with Crippen LogP contribution >= 0.6 is 0 Å². The van der Waals surface area contributed by atoms with Gasteiger partial charge in [-0.3, -0.25) is 0 Å². The molecule has 0 fully saturated rings. The van der Waals surface area contributed by atoms with Crippen molar-refractivity contribution < 1.29 is 14.6 Å². The molecule has 0 saturated carbocycles. The van der Waals surface area contributed by atoms with E-state index in [-0.39, 0.29) is 11.0 Å². The van der Waals surface area contributed by atoms with Gasteiger partial charge < -0.3 is 9.84 Å². The topological polar surface area (TPSA) is 46.5 Å². The lowest BCUT2D eigenvalue weighted by atomic mass is 9.85. The van der Waals surface area contributed by atoms with Crippen LogP contribution in [0.2, 0.25) is 0 Å². The number of carboxylic acid groups (broad SMARTS) is 1. The SMILES string of the molecule is Cc1ccc(Oc2cccc(C(=O)O)c2)c(C(C)(C)C)c1. The summed E-state index contributed by atoms with van der Waals surface area (Å²) in [5, 5.41) is 9.04. The van der Waals surface area contributed by atoms with Gasteiger partial charge in [0.15, 0.2) is 0 Å². The Kier molecular flexibility index (Phi) is 4.03. The number of aromatic carboxylic acids is 1. The minimum absolute atomic E-state index is 0.0498. The quantitative estimate of drug-likeness (QED) is 0.882. The van der Waals surface area contributed by atoms with Crippen LogP contribution in [-0.4, -0.2) is 11.1 Å². The van der Waals surface area contributed by atoms with Crippen molar-refractivity contribution in [1.29, 1.82) is 0 Å². The van der Waals surface area contributed by atoms with Crippen LogP contribution < -0.4 is 4.74 Å². The van der Waals surface area contributed by atoms with Crippen molar-refractivity contribution in [2.24, 2.45) is 0 Å². The highest BCUT2D eigenvalue weighted by Gasteiger charge is 2.19. The molecule has 0 atom stereocenters. The molecule has 0 heterocycles. The van der Waals surface area contributed by atoms with E-state index in [0.29, 0.717) is 5.75 Å². The van der Waals surface area contributed by atoms with Crippen molar-refractivity contribution >= 4 is 5.97 Å². The van der Waals surface area contributed by atoms with Crippen LogP contribution in [0.4, 0.5) is 0 Å². The molecule has 3 heteroatoms. The second kappa shape index (κ2) is 5.60. The Bertz CT molecular complexity index is 666. The van der Waals surface area contributed by atoms with Crippen LogP contribution in [0.25, 0.3) is 0 Å². The number of benzene rings is 2. The lowest BCUT2D eigenvalue weighted by molar-refractivity contribution is 0.0696. The Balaban J connectivity index is 2.40. The van der Waals surface area contributed by atoms with E-state index in [2.05, 4.69) is 26.8 Å². The summed E-state index contributed by atoms with van der Waals surface area (Å²) in [6.07, 6.45) is 0. The maximum absolute atomic E-state index is 11.0. The summed E-state index contributed by atoms with van der Waals surface area (Å²) in [7, 11) is 0. The van der Waals surface area contributed by atoms with Gasteiger partial charge in [0.1, 0.15) is 11.5 Å². The maximum atomic E-state index is 11.0. The summed E-state index contributed by atoms with van der Waals surface area (Å²) in [5.74, 6) is 0.334. The molecule has 0 saturated heterocycles. The van der Waals surface area contributed by atoms with Gasteiger partial charge >= 0.3 is 5.97 Å². The highest BCUT2D eigenvalue weighted by molar-refractivity contribution is 5.88. The van der Waals surface area contributed by atoms with Gasteiger partial charge in [0.05, 0.1) is 5.56 Å². The predicted molar refractivity (Wildman–Crippen MR) is 83.4 cm³/mol. The third-order valence-corrected chi connectivity index (χ3v) is 3.25. The van der Waals surface area contributed by atoms with Gasteiger partial charge in [-0.1, -0.05) is 44.5 Å². The fourth-order valence-electron chi connectivity index (χ4n) is 2.14. The zero-order valence-electron chi connectivity index (χ0n) is 12.8. The third-order valence-electron chi connectivity index (χ3n) is 3.25. The van der Waals surface area contributed by atoms with Crippen LogP contribution in [-0.2, 0) is 5.41 Å². The first-order valence-electron chi connectivity index (χ1n) is 6.90. The fraction of sp³-hybridized carbons (Fsp3) is 0.278. The van der Waals surface area contributed by atoms with Gasteiger partial charge in [0, 0.05) is 5.56 Å². The molecule has 0 spiro atoms. The Morgan fingerprint density at radius 1 is 1.10 bits per heavy atom. The van der Waals surface area contributed by atoms with E-state index in [1.54, 1.807) is 18.2 Å². The molecular weight excluding hydrogens is 264 g/mol. The second-order valence-corrected chi connectivity index (χ2v) is 6.18. The van der Waals surface area contributed by atoms with E-state index >= 15 is 0 Å². The van der Waals surface area contributed by atoms with E-state index in [4.69, 9.17) is 9.84 Å². The number of hydrogen-bond donors (Lipinski definition) is 1. The minimum atomic E-state index is -0.958. The molecule has 0 bridgehead atoms. The minimum Gasteiger partial charge on any atom is -0.478 e. The number of carboxylic acids is 1. The van der Waals surface area contributed by atoms with Gasteiger partial charge in [-0.25, -0.2) is 4.79 Å². The number of aryl methyl sites for hydroxylation is 1. The van der Waals surface area contributed by atoms with Crippen molar-refractivity contribution in [2.75, 3.05) is 0 Å². The summed E-state index contributed by atoms with van der Waals surface area (Å²) >= 11 is 0. The number of hydrogen-bond acceptors (Lipinski definition) is 2. The third kappa shape index (κ3) is 3.63. The van der Waals surface area contributed by atoms with E-state index in [0.717, 1.165) is 11.3 Å². The largest absolute Gasteiger partial charge is 0.478 e. The summed E-state index contributed by atoms with van der Waals surface area (Å²) in [6.45, 7) is 8.43. The van der Waals surface area contributed by atoms with Crippen molar-refractivity contribution in [3.05, 3.63) is 59.2 Å². The normalized spacial score (nSPS) is 11.2. The van der Waals surface area contributed by atoms with Crippen molar-refractivity contribution in [2.45, 2.75) is 33.1 Å². The van der Waals surface area contributed by atoms with Crippen LogP contribution in [0.15, 0.2) is 42.5 Å². The smallest absolute Gasteiger partial charge is 0.335 e. The zero-order valence-corrected chi connectivity index (χ0v) is 12.8. The van der Waals surface area contributed by atoms with E-state index < -0.39 is 5.97 Å². The Morgan fingerprint density at radius 3 is 2.43 bits per heavy atom. The summed E-state index contributed by atoms with van der Waals surface area (Å²) in [5.41, 5.74) is 2.44. The monoisotopic (exact) mass is 284 g/mol. The molecule has 110 valence electrons. The van der Waals surface area contributed by atoms with E-state index in [1.807, 2.05) is 19.1 Å². The molecule has 2 rings (SSSR count). The molecule has 0 aromatic heterocycles. The standard InChI is InChI=1S/C18H20O3/c1-12-8-9-16(15(10-12)18(2,3)4)21-14-7-5-6-13(11-14)17(19)20/h5-11H,1-4H3,(H,19,20). The molecule has 21 heavy (non-hydrogen) atoms. The number of ether oxygens (including phenoxy) is 1. The lowest BCUT2D eigenvalue weighted by Gasteiger charge is -2.23. The summed E-state index contributed by atoms with van der Waals surface area (Å²) < 4.78 is 5.92. The van der Waals surface area contributed by atoms with Crippen LogP contribution in [0.1, 0.15) is 42.3 Å². The fourth-order valence-corrected chi connectivity index (χ4v) is 2.14. The number of rotatable bonds is 3. The Labute approximate surface area is 125 Å². The first-order chi connectivity index (χ1) is 9.77. The van der Waals surface area contributed by atoms with Gasteiger partial charge in [0.25, 0.3) is 0 Å². The van der Waals surface area contributed by atoms with E-state index in [1.165, 1.54) is 11.6 Å². The van der Waals surface area contributed by atoms with Crippen molar-refractivity contribution in [1.82, 2.24) is 0 Å². The predicted octanol–water partition coefficient (Wildman–Crippen LogP) is 4.78. The molecule has 3 nitrogen and oxygen atoms in total. The van der Waals surface area contributed by atoms with Gasteiger partial charge in [-0.15, -0.1) is 0 Å². The first kappa shape index (κ1) is 15.1. The molecule has 0 amide bonds. The summed E-state index contributed by atoms with van der Waals surface area (Å²) in [4.78, 5) is 11.0.